The van der Waals surface area contributed by atoms with Gasteiger partial charge >= 0.3 is 12.1 Å². The molecule has 2 aromatic carbocycles. The first-order valence-electron chi connectivity index (χ1n) is 7.22. The van der Waals surface area contributed by atoms with E-state index in [-0.39, 0.29) is 17.5 Å². The van der Waals surface area contributed by atoms with Gasteiger partial charge in [0.1, 0.15) is 0 Å². The molecular weight excluding hydrogens is 337 g/mol. The molecule has 0 aliphatic rings. The first kappa shape index (κ1) is 18.4. The summed E-state index contributed by atoms with van der Waals surface area (Å²) in [4.78, 5) is 33.5. The molecule has 0 saturated heterocycles. The summed E-state index contributed by atoms with van der Waals surface area (Å²) < 4.78 is 39.1. The van der Waals surface area contributed by atoms with Crippen molar-refractivity contribution in [3.8, 4) is 0 Å². The number of benzene rings is 2. The van der Waals surface area contributed by atoms with Crippen molar-refractivity contribution in [3.05, 3.63) is 70.8 Å². The van der Waals surface area contributed by atoms with Gasteiger partial charge in [0.15, 0.2) is 5.78 Å². The summed E-state index contributed by atoms with van der Waals surface area (Å²) in [7, 11) is 0. The quantitative estimate of drug-likeness (QED) is 0.492. The van der Waals surface area contributed by atoms with E-state index in [1.54, 1.807) is 6.07 Å². The molecule has 2 rings (SSSR count). The van der Waals surface area contributed by atoms with Crippen LogP contribution in [0, 0.1) is 0 Å². The predicted octanol–water partition coefficient (Wildman–Crippen LogP) is 3.52. The van der Waals surface area contributed by atoms with E-state index in [0.717, 1.165) is 6.07 Å². The lowest BCUT2D eigenvalue weighted by Crippen LogP contribution is -2.17. The monoisotopic (exact) mass is 350 g/mol. The van der Waals surface area contributed by atoms with Gasteiger partial charge in [-0.15, -0.1) is 0 Å². The van der Waals surface area contributed by atoms with Crippen LogP contribution in [0.25, 0.3) is 0 Å². The molecule has 0 fully saturated rings. The van der Waals surface area contributed by atoms with Crippen LogP contribution in [0.2, 0.25) is 0 Å². The van der Waals surface area contributed by atoms with Crippen molar-refractivity contribution >= 4 is 17.5 Å². The number of carbonyl (C=O) groups excluding carboxylic acids is 2. The van der Waals surface area contributed by atoms with Crippen molar-refractivity contribution in [2.45, 2.75) is 19.0 Å². The van der Waals surface area contributed by atoms with E-state index in [4.69, 9.17) is 5.11 Å². The number of aliphatic carboxylic acids is 1. The van der Waals surface area contributed by atoms with E-state index in [9.17, 15) is 27.6 Å². The summed E-state index contributed by atoms with van der Waals surface area (Å²) in [5.74, 6) is -3.64. The fourth-order valence-corrected chi connectivity index (χ4v) is 2.35. The number of hydrogen-bond donors (Lipinski definition) is 1. The Morgan fingerprint density at radius 1 is 0.960 bits per heavy atom. The number of carboxylic acid groups (broad SMARTS) is 1. The van der Waals surface area contributed by atoms with Crippen molar-refractivity contribution < 1.29 is 32.7 Å². The summed E-state index contributed by atoms with van der Waals surface area (Å²) in [6.07, 6.45) is -5.33. The molecule has 25 heavy (non-hydrogen) atoms. The van der Waals surface area contributed by atoms with Gasteiger partial charge in [0.25, 0.3) is 0 Å². The Labute approximate surface area is 140 Å². The van der Waals surface area contributed by atoms with Gasteiger partial charge in [-0.2, -0.15) is 13.2 Å². The molecule has 0 spiro atoms. The van der Waals surface area contributed by atoms with E-state index in [0.29, 0.717) is 5.56 Å². The highest BCUT2D eigenvalue weighted by atomic mass is 19.4. The molecule has 2 aromatic rings. The van der Waals surface area contributed by atoms with Crippen molar-refractivity contribution in [2.75, 3.05) is 0 Å². The van der Waals surface area contributed by atoms with Gasteiger partial charge in [-0.25, -0.2) is 4.79 Å². The Balaban J connectivity index is 2.25. The van der Waals surface area contributed by atoms with Crippen LogP contribution in [0.4, 0.5) is 13.2 Å². The lowest BCUT2D eigenvalue weighted by molar-refractivity contribution is -0.148. The molecular formula is C18H13F3O4. The third kappa shape index (κ3) is 4.76. The number of Topliss-reactive ketones (excluding diaryl/α,β-unsaturated/α-hetero) is 2. The normalized spacial score (nSPS) is 11.2. The van der Waals surface area contributed by atoms with Crippen LogP contribution in [0.1, 0.15) is 33.5 Å². The Morgan fingerprint density at radius 3 is 2.28 bits per heavy atom. The highest BCUT2D eigenvalue weighted by molar-refractivity contribution is 6.37. The number of carbonyl (C=O) groups is 3. The molecule has 0 aromatic heterocycles. The second kappa shape index (κ2) is 7.29. The minimum atomic E-state index is -4.49. The molecule has 0 atom stereocenters. The highest BCUT2D eigenvalue weighted by Gasteiger charge is 2.32. The number of rotatable bonds is 6. The van der Waals surface area contributed by atoms with Crippen LogP contribution in [-0.2, 0) is 22.2 Å². The zero-order valence-corrected chi connectivity index (χ0v) is 12.8. The fourth-order valence-electron chi connectivity index (χ4n) is 2.35. The fraction of sp³-hybridized carbons (Fsp3) is 0.167. The van der Waals surface area contributed by atoms with E-state index in [2.05, 4.69) is 0 Å². The molecule has 0 aliphatic heterocycles. The van der Waals surface area contributed by atoms with Crippen LogP contribution >= 0.6 is 0 Å². The topological polar surface area (TPSA) is 71.4 Å². The van der Waals surface area contributed by atoms with E-state index in [1.165, 1.54) is 36.4 Å². The molecule has 0 aliphatic carbocycles. The minimum Gasteiger partial charge on any atom is -0.475 e. The van der Waals surface area contributed by atoms with Gasteiger partial charge in [-0.05, 0) is 29.7 Å². The minimum absolute atomic E-state index is 0.0519. The smallest absolute Gasteiger partial charge is 0.416 e. The molecule has 0 radical (unpaired) electrons. The van der Waals surface area contributed by atoms with Gasteiger partial charge in [0.05, 0.1) is 12.0 Å². The van der Waals surface area contributed by atoms with Gasteiger partial charge in [0, 0.05) is 5.56 Å². The molecule has 7 heteroatoms. The van der Waals surface area contributed by atoms with Crippen LogP contribution < -0.4 is 0 Å². The van der Waals surface area contributed by atoms with E-state index >= 15 is 0 Å². The van der Waals surface area contributed by atoms with Crippen molar-refractivity contribution in [3.63, 3.8) is 0 Å². The molecule has 0 unspecified atom stereocenters. The standard InChI is InChI=1S/C18H13F3O4/c19-18(20,21)14-7-2-1-5-12(14)8-11-4-3-6-13(9-11)15(22)10-16(23)17(24)25/h1-7,9H,8,10H2,(H,24,25). The third-order valence-electron chi connectivity index (χ3n) is 3.53. The largest absolute Gasteiger partial charge is 0.475 e. The van der Waals surface area contributed by atoms with Crippen molar-refractivity contribution in [1.29, 1.82) is 0 Å². The average molecular weight is 350 g/mol. The molecule has 1 N–H and O–H groups in total. The van der Waals surface area contributed by atoms with Crippen molar-refractivity contribution in [2.24, 2.45) is 0 Å². The summed E-state index contributed by atoms with van der Waals surface area (Å²) in [5, 5.41) is 8.53. The average Bonchev–Trinajstić information content (AvgIpc) is 2.54. The molecule has 0 heterocycles. The van der Waals surface area contributed by atoms with E-state index in [1.807, 2.05) is 0 Å². The first-order chi connectivity index (χ1) is 11.7. The summed E-state index contributed by atoms with van der Waals surface area (Å²) in [5.41, 5.74) is -0.170. The maximum absolute atomic E-state index is 13.0. The maximum Gasteiger partial charge on any atom is 0.416 e. The zero-order chi connectivity index (χ0) is 18.6. The first-order valence-corrected chi connectivity index (χ1v) is 7.22. The van der Waals surface area contributed by atoms with Gasteiger partial charge in [-0.1, -0.05) is 36.4 Å². The number of halogens is 3. The molecule has 0 amide bonds. The third-order valence-corrected chi connectivity index (χ3v) is 3.53. The Bertz CT molecular complexity index is 825. The summed E-state index contributed by atoms with van der Waals surface area (Å²) >= 11 is 0. The second-order valence-corrected chi connectivity index (χ2v) is 5.36. The Hall–Kier alpha value is -2.96. The van der Waals surface area contributed by atoms with Crippen LogP contribution in [0.15, 0.2) is 48.5 Å². The number of ketones is 2. The predicted molar refractivity (Wildman–Crippen MR) is 82.3 cm³/mol. The molecule has 0 bridgehead atoms. The number of hydrogen-bond acceptors (Lipinski definition) is 3. The number of carboxylic acids is 1. The Kier molecular flexibility index (Phi) is 5.36. The SMILES string of the molecule is O=C(O)C(=O)CC(=O)c1cccc(Cc2ccccc2C(F)(F)F)c1. The number of alkyl halides is 3. The Morgan fingerprint density at radius 2 is 1.64 bits per heavy atom. The highest BCUT2D eigenvalue weighted by Crippen LogP contribution is 2.32. The van der Waals surface area contributed by atoms with Gasteiger partial charge < -0.3 is 5.11 Å². The van der Waals surface area contributed by atoms with Gasteiger partial charge in [0.2, 0.25) is 5.78 Å². The van der Waals surface area contributed by atoms with Crippen LogP contribution in [-0.4, -0.2) is 22.6 Å². The van der Waals surface area contributed by atoms with E-state index < -0.39 is 35.7 Å². The second-order valence-electron chi connectivity index (χ2n) is 5.36. The zero-order valence-electron chi connectivity index (χ0n) is 12.8. The molecule has 130 valence electrons. The van der Waals surface area contributed by atoms with Crippen LogP contribution in [0.5, 0.6) is 0 Å². The lowest BCUT2D eigenvalue weighted by Gasteiger charge is -2.13. The van der Waals surface area contributed by atoms with Crippen molar-refractivity contribution in [1.82, 2.24) is 0 Å². The maximum atomic E-state index is 13.0. The molecule has 0 saturated carbocycles. The van der Waals surface area contributed by atoms with Gasteiger partial charge in [-0.3, -0.25) is 9.59 Å². The lowest BCUT2D eigenvalue weighted by atomic mass is 9.96. The summed E-state index contributed by atoms with van der Waals surface area (Å²) in [6, 6.07) is 10.9. The van der Waals surface area contributed by atoms with Crippen LogP contribution in [0.3, 0.4) is 0 Å². The molecule has 4 nitrogen and oxygen atoms in total. The summed E-state index contributed by atoms with van der Waals surface area (Å²) in [6.45, 7) is 0.